The van der Waals surface area contributed by atoms with Crippen molar-refractivity contribution in [3.8, 4) is 0 Å². The maximum atomic E-state index is 8.95. The van der Waals surface area contributed by atoms with Crippen molar-refractivity contribution < 1.29 is 9.84 Å². The molecule has 0 atom stereocenters. The first-order valence-electron chi connectivity index (χ1n) is 5.45. The molecule has 0 aliphatic carbocycles. The minimum absolute atomic E-state index is 0.251. The summed E-state index contributed by atoms with van der Waals surface area (Å²) in [5.74, 6) is 0. The lowest BCUT2D eigenvalue weighted by molar-refractivity contribution is -0.0704. The van der Waals surface area contributed by atoms with Crippen LogP contribution in [-0.2, 0) is 4.74 Å². The van der Waals surface area contributed by atoms with E-state index in [1.807, 2.05) is 0 Å². The summed E-state index contributed by atoms with van der Waals surface area (Å²) in [4.78, 5) is 2.34. The number of aliphatic hydroxyl groups excluding tert-OH is 1. The Bertz CT molecular complexity index is 161. The summed E-state index contributed by atoms with van der Waals surface area (Å²) < 4.78 is 5.17. The monoisotopic (exact) mass is 201 g/mol. The fourth-order valence-corrected chi connectivity index (χ4v) is 1.52. The van der Waals surface area contributed by atoms with Crippen LogP contribution in [0.1, 0.15) is 27.2 Å². The van der Waals surface area contributed by atoms with Crippen molar-refractivity contribution in [2.24, 2.45) is 5.41 Å². The first-order chi connectivity index (χ1) is 6.53. The third kappa shape index (κ3) is 3.95. The minimum Gasteiger partial charge on any atom is -0.395 e. The van der Waals surface area contributed by atoms with Crippen LogP contribution in [0, 0.1) is 5.41 Å². The predicted molar refractivity (Wildman–Crippen MR) is 57.3 cm³/mol. The Morgan fingerprint density at radius 3 is 2.29 bits per heavy atom. The summed E-state index contributed by atoms with van der Waals surface area (Å²) in [5.41, 5.74) is 0.373. The van der Waals surface area contributed by atoms with Crippen LogP contribution >= 0.6 is 0 Å². The van der Waals surface area contributed by atoms with E-state index in [2.05, 4.69) is 25.7 Å². The molecule has 0 aromatic heterocycles. The van der Waals surface area contributed by atoms with Crippen LogP contribution in [0.5, 0.6) is 0 Å². The molecule has 1 heterocycles. The second kappa shape index (κ2) is 5.10. The Morgan fingerprint density at radius 2 is 1.93 bits per heavy atom. The Labute approximate surface area is 87.1 Å². The maximum Gasteiger partial charge on any atom is 0.0645 e. The summed E-state index contributed by atoms with van der Waals surface area (Å²) in [6.45, 7) is 10.5. The minimum atomic E-state index is 0.251. The van der Waals surface area contributed by atoms with Gasteiger partial charge >= 0.3 is 0 Å². The van der Waals surface area contributed by atoms with Crippen molar-refractivity contribution >= 4 is 0 Å². The number of nitrogens with zero attached hydrogens (tertiary/aromatic N) is 1. The fourth-order valence-electron chi connectivity index (χ4n) is 1.52. The van der Waals surface area contributed by atoms with E-state index in [0.29, 0.717) is 11.5 Å². The first kappa shape index (κ1) is 12.0. The van der Waals surface area contributed by atoms with Crippen molar-refractivity contribution in [2.45, 2.75) is 33.2 Å². The SMILES string of the molecule is CC(C)(C)CCN(CCO)C1COC1. The first-order valence-corrected chi connectivity index (χ1v) is 5.45. The molecule has 0 radical (unpaired) electrons. The van der Waals surface area contributed by atoms with E-state index >= 15 is 0 Å². The van der Waals surface area contributed by atoms with Crippen LogP contribution in [0.25, 0.3) is 0 Å². The highest BCUT2D eigenvalue weighted by atomic mass is 16.5. The van der Waals surface area contributed by atoms with Crippen LogP contribution < -0.4 is 0 Å². The van der Waals surface area contributed by atoms with E-state index < -0.39 is 0 Å². The van der Waals surface area contributed by atoms with Gasteiger partial charge in [-0.05, 0) is 18.4 Å². The lowest BCUT2D eigenvalue weighted by atomic mass is 9.92. The molecule has 3 nitrogen and oxygen atoms in total. The van der Waals surface area contributed by atoms with E-state index in [-0.39, 0.29) is 6.61 Å². The number of hydrogen-bond donors (Lipinski definition) is 1. The van der Waals surface area contributed by atoms with Crippen molar-refractivity contribution in [1.82, 2.24) is 4.90 Å². The predicted octanol–water partition coefficient (Wildman–Crippen LogP) is 1.12. The molecule has 0 unspecified atom stereocenters. The molecular weight excluding hydrogens is 178 g/mol. The van der Waals surface area contributed by atoms with Crippen LogP contribution in [0.2, 0.25) is 0 Å². The molecule has 14 heavy (non-hydrogen) atoms. The second-order valence-electron chi connectivity index (χ2n) is 5.26. The Morgan fingerprint density at radius 1 is 1.29 bits per heavy atom. The largest absolute Gasteiger partial charge is 0.395 e. The van der Waals surface area contributed by atoms with Gasteiger partial charge in [0.1, 0.15) is 0 Å². The Hall–Kier alpha value is -0.120. The van der Waals surface area contributed by atoms with E-state index in [0.717, 1.165) is 26.3 Å². The van der Waals surface area contributed by atoms with Gasteiger partial charge in [-0.2, -0.15) is 0 Å². The normalized spacial score (nSPS) is 18.6. The second-order valence-corrected chi connectivity index (χ2v) is 5.26. The lowest BCUT2D eigenvalue weighted by Crippen LogP contribution is -2.50. The number of rotatable bonds is 5. The van der Waals surface area contributed by atoms with Gasteiger partial charge in [-0.3, -0.25) is 4.90 Å². The van der Waals surface area contributed by atoms with Gasteiger partial charge in [0.2, 0.25) is 0 Å². The third-order valence-corrected chi connectivity index (χ3v) is 2.67. The zero-order valence-electron chi connectivity index (χ0n) is 9.62. The smallest absolute Gasteiger partial charge is 0.0645 e. The van der Waals surface area contributed by atoms with E-state index in [1.54, 1.807) is 0 Å². The molecule has 1 saturated heterocycles. The summed E-state index contributed by atoms with van der Waals surface area (Å²) in [6, 6.07) is 0.546. The van der Waals surface area contributed by atoms with Crippen molar-refractivity contribution in [2.75, 3.05) is 32.9 Å². The topological polar surface area (TPSA) is 32.7 Å². The highest BCUT2D eigenvalue weighted by Gasteiger charge is 2.26. The summed E-state index contributed by atoms with van der Waals surface area (Å²) >= 11 is 0. The Balaban J connectivity index is 2.27. The zero-order valence-corrected chi connectivity index (χ0v) is 9.62. The van der Waals surface area contributed by atoms with E-state index in [4.69, 9.17) is 9.84 Å². The maximum absolute atomic E-state index is 8.95. The Kier molecular flexibility index (Phi) is 4.35. The zero-order chi connectivity index (χ0) is 10.6. The van der Waals surface area contributed by atoms with Crippen molar-refractivity contribution in [1.29, 1.82) is 0 Å². The van der Waals surface area contributed by atoms with Gasteiger partial charge in [0.05, 0.1) is 25.9 Å². The van der Waals surface area contributed by atoms with Crippen molar-refractivity contribution in [3.63, 3.8) is 0 Å². The van der Waals surface area contributed by atoms with Gasteiger partial charge in [0.15, 0.2) is 0 Å². The average molecular weight is 201 g/mol. The lowest BCUT2D eigenvalue weighted by Gasteiger charge is -2.38. The number of aliphatic hydroxyl groups is 1. The van der Waals surface area contributed by atoms with E-state index in [1.165, 1.54) is 6.42 Å². The van der Waals surface area contributed by atoms with Gasteiger partial charge in [0, 0.05) is 6.54 Å². The van der Waals surface area contributed by atoms with Gasteiger partial charge in [-0.1, -0.05) is 20.8 Å². The van der Waals surface area contributed by atoms with Crippen LogP contribution in [0.3, 0.4) is 0 Å². The molecule has 0 bridgehead atoms. The van der Waals surface area contributed by atoms with Crippen LogP contribution in [0.4, 0.5) is 0 Å². The molecule has 0 aromatic rings. The van der Waals surface area contributed by atoms with Gasteiger partial charge in [-0.25, -0.2) is 0 Å². The standard InChI is InChI=1S/C11H23NO2/c1-11(2,3)4-5-12(6-7-13)10-8-14-9-10/h10,13H,4-9H2,1-3H3. The van der Waals surface area contributed by atoms with Crippen molar-refractivity contribution in [3.05, 3.63) is 0 Å². The number of hydrogen-bond acceptors (Lipinski definition) is 3. The number of ether oxygens (including phenoxy) is 1. The highest BCUT2D eigenvalue weighted by molar-refractivity contribution is 4.78. The quantitative estimate of drug-likeness (QED) is 0.723. The molecule has 0 spiro atoms. The third-order valence-electron chi connectivity index (χ3n) is 2.67. The van der Waals surface area contributed by atoms with Gasteiger partial charge < -0.3 is 9.84 Å². The molecular formula is C11H23NO2. The fraction of sp³-hybridized carbons (Fsp3) is 1.00. The summed E-state index contributed by atoms with van der Waals surface area (Å²) in [7, 11) is 0. The molecule has 3 heteroatoms. The van der Waals surface area contributed by atoms with Gasteiger partial charge in [0.25, 0.3) is 0 Å². The van der Waals surface area contributed by atoms with Crippen LogP contribution in [0.15, 0.2) is 0 Å². The molecule has 0 saturated carbocycles. The molecule has 1 aliphatic heterocycles. The van der Waals surface area contributed by atoms with Crippen LogP contribution in [-0.4, -0.2) is 49.0 Å². The summed E-state index contributed by atoms with van der Waals surface area (Å²) in [5, 5.41) is 8.95. The van der Waals surface area contributed by atoms with Gasteiger partial charge in [-0.15, -0.1) is 0 Å². The average Bonchev–Trinajstić information content (AvgIpc) is 1.95. The molecule has 84 valence electrons. The molecule has 1 fully saturated rings. The molecule has 1 rings (SSSR count). The highest BCUT2D eigenvalue weighted by Crippen LogP contribution is 2.20. The molecule has 1 N–H and O–H groups in total. The summed E-state index contributed by atoms with van der Waals surface area (Å²) in [6.07, 6.45) is 1.17. The molecule has 0 aromatic carbocycles. The molecule has 0 amide bonds. The molecule has 1 aliphatic rings. The van der Waals surface area contributed by atoms with E-state index in [9.17, 15) is 0 Å².